The van der Waals surface area contributed by atoms with E-state index in [9.17, 15) is 23.3 Å². The van der Waals surface area contributed by atoms with Crippen LogP contribution in [0.25, 0.3) is 0 Å². The number of nitriles is 1. The molecule has 20 heavy (non-hydrogen) atoms. The number of benzene rings is 1. The topological polar surface area (TPSA) is 127 Å². The van der Waals surface area contributed by atoms with Crippen LogP contribution in [-0.4, -0.2) is 32.7 Å². The molecule has 0 radical (unpaired) electrons. The highest BCUT2D eigenvalue weighted by atomic mass is 32.2. The smallest absolute Gasteiger partial charge is 0.327 e. The molecule has 0 N–H and O–H groups in total. The molecule has 1 rings (SSSR count). The minimum absolute atomic E-state index is 0.211. The molecule has 0 saturated heterocycles. The normalized spacial score (nSPS) is 12.2. The Morgan fingerprint density at radius 1 is 1.50 bits per heavy atom. The first kappa shape index (κ1) is 15.6. The summed E-state index contributed by atoms with van der Waals surface area (Å²) in [6.07, 6.45) is 0.897. The van der Waals surface area contributed by atoms with Gasteiger partial charge in [0.05, 0.1) is 28.6 Å². The number of carbonyl (C=O) groups excluding carboxylic acids is 1. The molecule has 1 aromatic carbocycles. The molecule has 106 valence electrons. The van der Waals surface area contributed by atoms with Gasteiger partial charge in [0.15, 0.2) is 15.8 Å². The lowest BCUT2D eigenvalue weighted by Gasteiger charge is -2.08. The first-order valence-electron chi connectivity index (χ1n) is 5.18. The molecule has 0 amide bonds. The van der Waals surface area contributed by atoms with E-state index in [0.29, 0.717) is 0 Å². The number of rotatable bonds is 4. The van der Waals surface area contributed by atoms with E-state index in [4.69, 9.17) is 5.26 Å². The average molecular weight is 298 g/mol. The third-order valence-electron chi connectivity index (χ3n) is 2.50. The number of hydrogen-bond acceptors (Lipinski definition) is 7. The summed E-state index contributed by atoms with van der Waals surface area (Å²) < 4.78 is 27.1. The fourth-order valence-corrected chi connectivity index (χ4v) is 2.16. The Morgan fingerprint density at radius 3 is 2.50 bits per heavy atom. The first-order valence-corrected chi connectivity index (χ1v) is 7.07. The van der Waals surface area contributed by atoms with Gasteiger partial charge < -0.3 is 4.74 Å². The Hall–Kier alpha value is -2.47. The lowest BCUT2D eigenvalue weighted by Crippen LogP contribution is -2.14. The van der Waals surface area contributed by atoms with Crippen molar-refractivity contribution in [3.05, 3.63) is 33.9 Å². The van der Waals surface area contributed by atoms with Crippen LogP contribution in [0.2, 0.25) is 0 Å². The van der Waals surface area contributed by atoms with Crippen LogP contribution in [0.15, 0.2) is 23.1 Å². The number of nitrogens with zero attached hydrogens (tertiary/aromatic N) is 2. The summed E-state index contributed by atoms with van der Waals surface area (Å²) in [6.45, 7) is 0. The van der Waals surface area contributed by atoms with Gasteiger partial charge in [0, 0.05) is 12.3 Å². The van der Waals surface area contributed by atoms with Crippen molar-refractivity contribution in [3.63, 3.8) is 0 Å². The maximum absolute atomic E-state index is 11.4. The molecule has 0 saturated carbocycles. The predicted molar refractivity (Wildman–Crippen MR) is 66.6 cm³/mol. The minimum Gasteiger partial charge on any atom is -0.468 e. The van der Waals surface area contributed by atoms with Gasteiger partial charge in [0.2, 0.25) is 0 Å². The Bertz CT molecular complexity index is 704. The van der Waals surface area contributed by atoms with E-state index in [-0.39, 0.29) is 10.5 Å². The Labute approximate surface area is 114 Å². The van der Waals surface area contributed by atoms with Crippen LogP contribution in [-0.2, 0) is 19.4 Å². The van der Waals surface area contributed by atoms with Crippen molar-refractivity contribution in [1.29, 1.82) is 5.26 Å². The number of nitro groups is 1. The highest BCUT2D eigenvalue weighted by Crippen LogP contribution is 2.29. The van der Waals surface area contributed by atoms with Gasteiger partial charge in [-0.05, 0) is 12.1 Å². The van der Waals surface area contributed by atoms with E-state index in [1.807, 2.05) is 0 Å². The average Bonchev–Trinajstić information content (AvgIpc) is 2.38. The fourth-order valence-electron chi connectivity index (χ4n) is 1.52. The van der Waals surface area contributed by atoms with Crippen molar-refractivity contribution in [2.45, 2.75) is 10.8 Å². The molecule has 8 nitrogen and oxygen atoms in total. The van der Waals surface area contributed by atoms with Crippen LogP contribution in [0.4, 0.5) is 5.69 Å². The quantitative estimate of drug-likeness (QED) is 0.456. The van der Waals surface area contributed by atoms with Crippen LogP contribution < -0.4 is 0 Å². The molecule has 0 aromatic heterocycles. The summed E-state index contributed by atoms with van der Waals surface area (Å²) >= 11 is 0. The van der Waals surface area contributed by atoms with Gasteiger partial charge in [-0.25, -0.2) is 8.42 Å². The molecule has 0 aliphatic carbocycles. The Balaban J connectivity index is 3.53. The maximum Gasteiger partial charge on any atom is 0.327 e. The third-order valence-corrected chi connectivity index (χ3v) is 3.61. The zero-order valence-electron chi connectivity index (χ0n) is 10.6. The molecule has 0 aliphatic heterocycles. The fraction of sp³-hybridized carbons (Fsp3) is 0.273. The summed E-state index contributed by atoms with van der Waals surface area (Å²) in [4.78, 5) is 21.3. The van der Waals surface area contributed by atoms with Gasteiger partial charge in [0.1, 0.15) is 0 Å². The zero-order valence-corrected chi connectivity index (χ0v) is 11.4. The van der Waals surface area contributed by atoms with Crippen molar-refractivity contribution in [3.8, 4) is 6.07 Å². The van der Waals surface area contributed by atoms with E-state index < -0.39 is 32.3 Å². The monoisotopic (exact) mass is 298 g/mol. The summed E-state index contributed by atoms with van der Waals surface area (Å²) in [5.41, 5.74) is -0.832. The molecule has 0 aliphatic rings. The van der Waals surface area contributed by atoms with Gasteiger partial charge >= 0.3 is 5.97 Å². The molecule has 0 bridgehead atoms. The van der Waals surface area contributed by atoms with Gasteiger partial charge in [-0.1, -0.05) is 0 Å². The zero-order chi connectivity index (χ0) is 15.5. The van der Waals surface area contributed by atoms with E-state index >= 15 is 0 Å². The van der Waals surface area contributed by atoms with Crippen LogP contribution in [0.3, 0.4) is 0 Å². The van der Waals surface area contributed by atoms with Crippen LogP contribution in [0.1, 0.15) is 11.5 Å². The van der Waals surface area contributed by atoms with Gasteiger partial charge in [0.25, 0.3) is 5.69 Å². The van der Waals surface area contributed by atoms with E-state index in [2.05, 4.69) is 4.74 Å². The Kier molecular flexibility index (Phi) is 4.41. The third kappa shape index (κ3) is 3.10. The van der Waals surface area contributed by atoms with Gasteiger partial charge in [-0.15, -0.1) is 0 Å². The second-order valence-electron chi connectivity index (χ2n) is 3.84. The lowest BCUT2D eigenvalue weighted by molar-refractivity contribution is -0.385. The molecular weight excluding hydrogens is 288 g/mol. The second-order valence-corrected chi connectivity index (χ2v) is 5.85. The molecule has 1 atom stereocenters. The summed E-state index contributed by atoms with van der Waals surface area (Å²) in [7, 11) is -2.59. The first-order chi connectivity index (χ1) is 9.22. The highest BCUT2D eigenvalue weighted by Gasteiger charge is 2.30. The molecule has 0 heterocycles. The lowest BCUT2D eigenvalue weighted by atomic mass is 9.99. The van der Waals surface area contributed by atoms with E-state index in [0.717, 1.165) is 31.6 Å². The van der Waals surface area contributed by atoms with Gasteiger partial charge in [-0.2, -0.15) is 5.26 Å². The largest absolute Gasteiger partial charge is 0.468 e. The second kappa shape index (κ2) is 5.66. The SMILES string of the molecule is COC(=O)C(C#N)c1ccc(S(C)(=O)=O)cc1[N+](=O)[O-]. The highest BCUT2D eigenvalue weighted by molar-refractivity contribution is 7.90. The number of nitro benzene ring substituents is 1. The van der Waals surface area contributed by atoms with Crippen molar-refractivity contribution in [1.82, 2.24) is 0 Å². The summed E-state index contributed by atoms with van der Waals surface area (Å²) in [6, 6.07) is 4.58. The summed E-state index contributed by atoms with van der Waals surface area (Å²) in [5.74, 6) is -2.45. The number of esters is 1. The van der Waals surface area contributed by atoms with E-state index in [1.165, 1.54) is 0 Å². The number of carbonyl (C=O) groups is 1. The number of sulfone groups is 1. The summed E-state index contributed by atoms with van der Waals surface area (Å²) in [5, 5.41) is 19.9. The standard InChI is InChI=1S/C11H10N2O6S/c1-19-11(14)9(6-12)8-4-3-7(20(2,17)18)5-10(8)13(15)16/h3-5,9H,1-2H3. The van der Waals surface area contributed by atoms with Gasteiger partial charge in [-0.3, -0.25) is 14.9 Å². The number of hydrogen-bond donors (Lipinski definition) is 0. The van der Waals surface area contributed by atoms with E-state index in [1.54, 1.807) is 6.07 Å². The van der Waals surface area contributed by atoms with Crippen LogP contribution in [0, 0.1) is 21.4 Å². The van der Waals surface area contributed by atoms with Crippen molar-refractivity contribution in [2.24, 2.45) is 0 Å². The molecule has 0 fully saturated rings. The minimum atomic E-state index is -3.64. The Morgan fingerprint density at radius 2 is 2.10 bits per heavy atom. The molecule has 9 heteroatoms. The molecule has 1 aromatic rings. The predicted octanol–water partition coefficient (Wildman–Crippen LogP) is 0.778. The van der Waals surface area contributed by atoms with Crippen molar-refractivity contribution in [2.75, 3.05) is 13.4 Å². The van der Waals surface area contributed by atoms with Crippen LogP contribution >= 0.6 is 0 Å². The van der Waals surface area contributed by atoms with Crippen molar-refractivity contribution >= 4 is 21.5 Å². The molecular formula is C11H10N2O6S. The maximum atomic E-state index is 11.4. The molecule has 1 unspecified atom stereocenters. The number of methoxy groups -OCH3 is 1. The van der Waals surface area contributed by atoms with Crippen molar-refractivity contribution < 1.29 is 22.9 Å². The van der Waals surface area contributed by atoms with Crippen LogP contribution in [0.5, 0.6) is 0 Å². The number of ether oxygens (including phenoxy) is 1. The molecule has 0 spiro atoms.